The van der Waals surface area contributed by atoms with Crippen LogP contribution in [0.25, 0.3) is 0 Å². The van der Waals surface area contributed by atoms with E-state index in [1.807, 2.05) is 6.92 Å². The Hall–Kier alpha value is -1.72. The second-order valence-corrected chi connectivity index (χ2v) is 6.18. The molecule has 5 nitrogen and oxygen atoms in total. The number of hydrogen-bond donors (Lipinski definition) is 1. The molecule has 1 atom stereocenters. The Balaban J connectivity index is 1.64. The normalized spacial score (nSPS) is 17.4. The van der Waals surface area contributed by atoms with Crippen LogP contribution in [0.15, 0.2) is 28.7 Å². The molecule has 3 rings (SSSR count). The Morgan fingerprint density at radius 3 is 2.91 bits per heavy atom. The summed E-state index contributed by atoms with van der Waals surface area (Å²) in [5, 5.41) is 17.4. The third-order valence-electron chi connectivity index (χ3n) is 4.57. The molecule has 2 aromatic rings. The molecule has 0 saturated heterocycles. The highest BCUT2D eigenvalue weighted by Crippen LogP contribution is 2.34. The van der Waals surface area contributed by atoms with Crippen LogP contribution >= 0.6 is 0 Å². The van der Waals surface area contributed by atoms with Gasteiger partial charge in [-0.2, -0.15) is 0 Å². The molecule has 1 heterocycles. The highest BCUT2D eigenvalue weighted by atomic mass is 16.4. The van der Waals surface area contributed by atoms with Crippen LogP contribution in [0.2, 0.25) is 0 Å². The van der Waals surface area contributed by atoms with Gasteiger partial charge in [0.1, 0.15) is 0 Å². The molecule has 1 aliphatic rings. The topological polar surface area (TPSA) is 62.4 Å². The number of aryl methyl sites for hydroxylation is 3. The van der Waals surface area contributed by atoms with Gasteiger partial charge in [-0.05, 0) is 43.4 Å². The SMILES string of the molecule is Cc1nnc(CCCN(CCO)C2CCCc3ccccc32)o1. The summed E-state index contributed by atoms with van der Waals surface area (Å²) in [5.41, 5.74) is 2.89. The molecule has 0 spiro atoms. The molecule has 0 bridgehead atoms. The molecule has 5 heteroatoms. The quantitative estimate of drug-likeness (QED) is 0.851. The zero-order valence-electron chi connectivity index (χ0n) is 13.7. The number of aliphatic hydroxyl groups excluding tert-OH is 1. The highest BCUT2D eigenvalue weighted by Gasteiger charge is 2.25. The van der Waals surface area contributed by atoms with Crippen molar-refractivity contribution in [3.8, 4) is 0 Å². The van der Waals surface area contributed by atoms with Crippen LogP contribution in [0.4, 0.5) is 0 Å². The molecule has 0 radical (unpaired) electrons. The van der Waals surface area contributed by atoms with Crippen molar-refractivity contribution < 1.29 is 9.52 Å². The number of aliphatic hydroxyl groups is 1. The van der Waals surface area contributed by atoms with Gasteiger partial charge in [-0.3, -0.25) is 4.90 Å². The van der Waals surface area contributed by atoms with E-state index in [-0.39, 0.29) is 6.61 Å². The molecular weight excluding hydrogens is 290 g/mol. The number of benzene rings is 1. The van der Waals surface area contributed by atoms with Crippen LogP contribution in [0, 0.1) is 6.92 Å². The van der Waals surface area contributed by atoms with Crippen molar-refractivity contribution in [2.24, 2.45) is 0 Å². The van der Waals surface area contributed by atoms with Gasteiger partial charge in [0.25, 0.3) is 0 Å². The zero-order valence-corrected chi connectivity index (χ0v) is 13.7. The van der Waals surface area contributed by atoms with Crippen molar-refractivity contribution in [1.29, 1.82) is 0 Å². The van der Waals surface area contributed by atoms with E-state index < -0.39 is 0 Å². The van der Waals surface area contributed by atoms with E-state index in [4.69, 9.17) is 4.42 Å². The zero-order chi connectivity index (χ0) is 16.1. The standard InChI is InChI=1S/C18H25N3O2/c1-14-19-20-18(23-14)10-5-11-21(12-13-22)17-9-4-7-15-6-2-3-8-16(15)17/h2-3,6,8,17,22H,4-5,7,9-13H2,1H3. The first kappa shape index (κ1) is 16.1. The molecule has 124 valence electrons. The van der Waals surface area contributed by atoms with Crippen molar-refractivity contribution >= 4 is 0 Å². The Morgan fingerprint density at radius 1 is 1.26 bits per heavy atom. The average molecular weight is 315 g/mol. The molecule has 1 aromatic carbocycles. The predicted octanol–water partition coefficient (Wildman–Crippen LogP) is 2.68. The third-order valence-corrected chi connectivity index (χ3v) is 4.57. The fraction of sp³-hybridized carbons (Fsp3) is 0.556. The number of fused-ring (bicyclic) bond motifs is 1. The summed E-state index contributed by atoms with van der Waals surface area (Å²) < 4.78 is 5.44. The van der Waals surface area contributed by atoms with Gasteiger partial charge in [-0.25, -0.2) is 0 Å². The van der Waals surface area contributed by atoms with Crippen molar-refractivity contribution in [3.05, 3.63) is 47.2 Å². The van der Waals surface area contributed by atoms with Gasteiger partial charge in [0.2, 0.25) is 11.8 Å². The van der Waals surface area contributed by atoms with Crippen LogP contribution in [-0.4, -0.2) is 39.9 Å². The Kier molecular flexibility index (Phi) is 5.41. The Bertz CT molecular complexity index is 626. The van der Waals surface area contributed by atoms with Crippen LogP contribution in [0.1, 0.15) is 48.2 Å². The Labute approximate surface area is 137 Å². The average Bonchev–Trinajstić information content (AvgIpc) is 2.99. The summed E-state index contributed by atoms with van der Waals surface area (Å²) in [6, 6.07) is 9.13. The van der Waals surface area contributed by atoms with Crippen LogP contribution < -0.4 is 0 Å². The predicted molar refractivity (Wildman–Crippen MR) is 88.1 cm³/mol. The van der Waals surface area contributed by atoms with E-state index in [0.717, 1.165) is 25.8 Å². The molecule has 1 N–H and O–H groups in total. The van der Waals surface area contributed by atoms with E-state index in [2.05, 4.69) is 39.4 Å². The number of aromatic nitrogens is 2. The molecule has 1 aromatic heterocycles. The summed E-state index contributed by atoms with van der Waals surface area (Å²) in [6.45, 7) is 3.65. The Morgan fingerprint density at radius 2 is 2.13 bits per heavy atom. The fourth-order valence-corrected chi connectivity index (χ4v) is 3.53. The minimum atomic E-state index is 0.193. The van der Waals surface area contributed by atoms with E-state index in [1.54, 1.807) is 0 Å². The van der Waals surface area contributed by atoms with Crippen LogP contribution in [0.3, 0.4) is 0 Å². The summed E-state index contributed by atoms with van der Waals surface area (Å²) >= 11 is 0. The molecule has 1 aliphatic carbocycles. The van der Waals surface area contributed by atoms with E-state index in [0.29, 0.717) is 24.4 Å². The molecule has 0 amide bonds. The summed E-state index contributed by atoms with van der Waals surface area (Å²) in [5.74, 6) is 1.32. The first-order chi connectivity index (χ1) is 11.3. The maximum atomic E-state index is 9.45. The number of rotatable bonds is 7. The van der Waals surface area contributed by atoms with Gasteiger partial charge >= 0.3 is 0 Å². The smallest absolute Gasteiger partial charge is 0.216 e. The maximum absolute atomic E-state index is 9.45. The second kappa shape index (κ2) is 7.70. The van der Waals surface area contributed by atoms with E-state index in [1.165, 1.54) is 24.0 Å². The number of nitrogens with zero attached hydrogens (tertiary/aromatic N) is 3. The van der Waals surface area contributed by atoms with Gasteiger partial charge < -0.3 is 9.52 Å². The van der Waals surface area contributed by atoms with Crippen molar-refractivity contribution in [1.82, 2.24) is 15.1 Å². The van der Waals surface area contributed by atoms with Crippen LogP contribution in [0.5, 0.6) is 0 Å². The molecule has 0 fully saturated rings. The lowest BCUT2D eigenvalue weighted by molar-refractivity contribution is 0.136. The molecule has 1 unspecified atom stereocenters. The largest absolute Gasteiger partial charge is 0.426 e. The van der Waals surface area contributed by atoms with Gasteiger partial charge in [0.15, 0.2) is 0 Å². The van der Waals surface area contributed by atoms with Gasteiger partial charge in [-0.1, -0.05) is 24.3 Å². The van der Waals surface area contributed by atoms with Gasteiger partial charge in [0.05, 0.1) is 6.61 Å². The summed E-state index contributed by atoms with van der Waals surface area (Å²) in [7, 11) is 0. The minimum absolute atomic E-state index is 0.193. The third kappa shape index (κ3) is 3.98. The number of hydrogen-bond acceptors (Lipinski definition) is 5. The summed E-state index contributed by atoms with van der Waals surface area (Å²) in [4.78, 5) is 2.40. The minimum Gasteiger partial charge on any atom is -0.426 e. The highest BCUT2D eigenvalue weighted by molar-refractivity contribution is 5.32. The van der Waals surface area contributed by atoms with Crippen molar-refractivity contribution in [2.45, 2.75) is 45.1 Å². The lowest BCUT2D eigenvalue weighted by Crippen LogP contribution is -2.34. The van der Waals surface area contributed by atoms with E-state index >= 15 is 0 Å². The molecule has 23 heavy (non-hydrogen) atoms. The van der Waals surface area contributed by atoms with Crippen molar-refractivity contribution in [2.75, 3.05) is 19.7 Å². The molecule has 0 saturated carbocycles. The lowest BCUT2D eigenvalue weighted by atomic mass is 9.86. The van der Waals surface area contributed by atoms with Crippen molar-refractivity contribution in [3.63, 3.8) is 0 Å². The van der Waals surface area contributed by atoms with Gasteiger partial charge in [-0.15, -0.1) is 10.2 Å². The maximum Gasteiger partial charge on any atom is 0.216 e. The van der Waals surface area contributed by atoms with Gasteiger partial charge in [0, 0.05) is 25.9 Å². The first-order valence-corrected chi connectivity index (χ1v) is 8.49. The summed E-state index contributed by atoms with van der Waals surface area (Å²) in [6.07, 6.45) is 5.29. The monoisotopic (exact) mass is 315 g/mol. The van der Waals surface area contributed by atoms with E-state index in [9.17, 15) is 5.11 Å². The lowest BCUT2D eigenvalue weighted by Gasteiger charge is -2.35. The first-order valence-electron chi connectivity index (χ1n) is 8.49. The fourth-order valence-electron chi connectivity index (χ4n) is 3.53. The second-order valence-electron chi connectivity index (χ2n) is 6.18. The molecular formula is C18H25N3O2. The van der Waals surface area contributed by atoms with Crippen LogP contribution in [-0.2, 0) is 12.8 Å². The molecule has 0 aliphatic heterocycles.